The number of carbonyl (C=O) groups excluding carboxylic acids is 1. The number of hydrogen-bond donors (Lipinski definition) is 2. The minimum Gasteiger partial charge on any atom is -0.508 e. The Morgan fingerprint density at radius 1 is 1.09 bits per heavy atom. The summed E-state index contributed by atoms with van der Waals surface area (Å²) in [6.07, 6.45) is 0. The summed E-state index contributed by atoms with van der Waals surface area (Å²) in [6.45, 7) is 1.57. The first-order chi connectivity index (χ1) is 16.1. The number of phenolic OH excluding ortho intramolecular Hbond substituents is 1. The molecule has 3 aromatic rings. The van der Waals surface area contributed by atoms with Crippen LogP contribution in [0.1, 0.15) is 6.92 Å². The van der Waals surface area contributed by atoms with Crippen molar-refractivity contribution in [3.63, 3.8) is 0 Å². The zero-order valence-corrected chi connectivity index (χ0v) is 19.1. The maximum atomic E-state index is 13.0. The van der Waals surface area contributed by atoms with Crippen molar-refractivity contribution in [2.45, 2.75) is 17.9 Å². The molecular formula is C22H17ClN4O6S. The highest BCUT2D eigenvalue weighted by Crippen LogP contribution is 2.34. The summed E-state index contributed by atoms with van der Waals surface area (Å²) in [5.74, 6) is -0.393. The van der Waals surface area contributed by atoms with E-state index in [2.05, 4.69) is 15.3 Å². The number of halogens is 1. The quantitative estimate of drug-likeness (QED) is 0.362. The van der Waals surface area contributed by atoms with Gasteiger partial charge in [0, 0.05) is 6.07 Å². The van der Waals surface area contributed by atoms with Crippen molar-refractivity contribution >= 4 is 44.7 Å². The Morgan fingerprint density at radius 3 is 2.50 bits per heavy atom. The van der Waals surface area contributed by atoms with Crippen LogP contribution < -0.4 is 9.75 Å². The number of amides is 1. The lowest BCUT2D eigenvalue weighted by Crippen LogP contribution is -2.29. The minimum atomic E-state index is -4.69. The number of anilines is 1. The molecule has 34 heavy (non-hydrogen) atoms. The average Bonchev–Trinajstić information content (AvgIpc) is 3.07. The van der Waals surface area contributed by atoms with Gasteiger partial charge < -0.3 is 9.84 Å². The summed E-state index contributed by atoms with van der Waals surface area (Å²) in [4.78, 5) is 12.4. The van der Waals surface area contributed by atoms with Gasteiger partial charge in [0.25, 0.3) is 16.0 Å². The van der Waals surface area contributed by atoms with Crippen molar-refractivity contribution in [3.8, 4) is 17.2 Å². The van der Waals surface area contributed by atoms with Gasteiger partial charge in [-0.3, -0.25) is 9.35 Å². The average molecular weight is 501 g/mol. The number of ether oxygens (including phenoxy) is 1. The van der Waals surface area contributed by atoms with E-state index in [0.717, 1.165) is 11.1 Å². The van der Waals surface area contributed by atoms with Crippen LogP contribution in [0.5, 0.6) is 17.2 Å². The van der Waals surface area contributed by atoms with E-state index in [-0.39, 0.29) is 27.9 Å². The van der Waals surface area contributed by atoms with E-state index in [1.54, 1.807) is 37.3 Å². The predicted molar refractivity (Wildman–Crippen MR) is 125 cm³/mol. The molecule has 174 valence electrons. The van der Waals surface area contributed by atoms with Gasteiger partial charge in [-0.15, -0.1) is 0 Å². The molecule has 12 heteroatoms. The Bertz CT molecular complexity index is 1430. The molecule has 0 radical (unpaired) electrons. The zero-order chi connectivity index (χ0) is 24.5. The van der Waals surface area contributed by atoms with Crippen molar-refractivity contribution in [3.05, 3.63) is 71.8 Å². The standard InChI is InChI=1S/C22H17ClN4O6S/c1-13-21(25-24-18-9-8-15(28)12-17(18)23)22(29)27(26-13)14-7-10-19(20(11-14)34(30,31)32)33-16-5-3-2-4-6-16/h2-12,21,28H,1H3,(H,30,31,32)/t21-/m0/s1. The molecule has 0 spiro atoms. The van der Waals surface area contributed by atoms with Crippen LogP contribution >= 0.6 is 11.6 Å². The number of para-hydroxylation sites is 1. The first-order valence-corrected chi connectivity index (χ1v) is 11.6. The van der Waals surface area contributed by atoms with Crippen LogP contribution in [-0.2, 0) is 14.9 Å². The van der Waals surface area contributed by atoms with Gasteiger partial charge in [-0.25, -0.2) is 0 Å². The number of aromatic hydroxyl groups is 1. The second-order valence-corrected chi connectivity index (χ2v) is 8.96. The largest absolute Gasteiger partial charge is 0.508 e. The maximum Gasteiger partial charge on any atom is 0.298 e. The smallest absolute Gasteiger partial charge is 0.298 e. The molecule has 0 saturated heterocycles. The molecular weight excluding hydrogens is 484 g/mol. The third-order valence-electron chi connectivity index (χ3n) is 4.73. The van der Waals surface area contributed by atoms with E-state index < -0.39 is 27.0 Å². The number of phenols is 1. The Morgan fingerprint density at radius 2 is 1.82 bits per heavy atom. The number of hydrazone groups is 1. The lowest BCUT2D eigenvalue weighted by atomic mass is 10.2. The fourth-order valence-corrected chi connectivity index (χ4v) is 3.95. The topological polar surface area (TPSA) is 141 Å². The molecule has 10 nitrogen and oxygen atoms in total. The summed E-state index contributed by atoms with van der Waals surface area (Å²) in [5, 5.41) is 22.7. The van der Waals surface area contributed by atoms with E-state index >= 15 is 0 Å². The van der Waals surface area contributed by atoms with Gasteiger partial charge in [-0.1, -0.05) is 29.8 Å². The van der Waals surface area contributed by atoms with Crippen LogP contribution in [0.3, 0.4) is 0 Å². The van der Waals surface area contributed by atoms with E-state index in [9.17, 15) is 22.9 Å². The monoisotopic (exact) mass is 500 g/mol. The summed E-state index contributed by atoms with van der Waals surface area (Å²) in [7, 11) is -4.69. The Hall–Kier alpha value is -3.80. The summed E-state index contributed by atoms with van der Waals surface area (Å²) in [6, 6.07) is 15.3. The maximum absolute atomic E-state index is 13.0. The predicted octanol–water partition coefficient (Wildman–Crippen LogP) is 4.96. The normalized spacial score (nSPS) is 16.2. The Kier molecular flexibility index (Phi) is 6.33. The van der Waals surface area contributed by atoms with E-state index in [1.807, 2.05) is 0 Å². The molecule has 0 unspecified atom stereocenters. The second kappa shape index (κ2) is 9.21. The van der Waals surface area contributed by atoms with Crippen molar-refractivity contribution in [2.24, 2.45) is 15.3 Å². The molecule has 1 heterocycles. The lowest BCUT2D eigenvalue weighted by Gasteiger charge is -2.15. The third kappa shape index (κ3) is 4.91. The van der Waals surface area contributed by atoms with Gasteiger partial charge in [0.15, 0.2) is 6.04 Å². The summed E-state index contributed by atoms with van der Waals surface area (Å²) in [5.41, 5.74) is 0.633. The minimum absolute atomic E-state index is 0.0425. The molecule has 1 amide bonds. The first-order valence-electron chi connectivity index (χ1n) is 9.76. The number of nitrogens with zero attached hydrogens (tertiary/aromatic N) is 4. The van der Waals surface area contributed by atoms with Gasteiger partial charge in [0.1, 0.15) is 27.8 Å². The fourth-order valence-electron chi connectivity index (χ4n) is 3.10. The summed E-state index contributed by atoms with van der Waals surface area (Å²) < 4.78 is 39.3. The third-order valence-corrected chi connectivity index (χ3v) is 5.91. The van der Waals surface area contributed by atoms with Crippen molar-refractivity contribution < 1.29 is 27.6 Å². The summed E-state index contributed by atoms with van der Waals surface area (Å²) >= 11 is 6.01. The van der Waals surface area contributed by atoms with Crippen LogP contribution in [-0.4, -0.2) is 35.7 Å². The molecule has 0 aliphatic carbocycles. The highest BCUT2D eigenvalue weighted by atomic mass is 35.5. The number of hydrogen-bond acceptors (Lipinski definition) is 8. The molecule has 0 bridgehead atoms. The van der Waals surface area contributed by atoms with Crippen LogP contribution in [0, 0.1) is 0 Å². The van der Waals surface area contributed by atoms with Gasteiger partial charge in [0.05, 0.1) is 16.4 Å². The number of rotatable bonds is 6. The molecule has 2 N–H and O–H groups in total. The molecule has 0 aromatic heterocycles. The molecule has 1 aliphatic heterocycles. The lowest BCUT2D eigenvalue weighted by molar-refractivity contribution is -0.117. The Balaban J connectivity index is 1.63. The van der Waals surface area contributed by atoms with Gasteiger partial charge in [-0.2, -0.15) is 28.8 Å². The van der Waals surface area contributed by atoms with Gasteiger partial charge >= 0.3 is 0 Å². The van der Waals surface area contributed by atoms with E-state index in [4.69, 9.17) is 16.3 Å². The zero-order valence-electron chi connectivity index (χ0n) is 17.5. The molecule has 1 atom stereocenters. The molecule has 3 aromatic carbocycles. The van der Waals surface area contributed by atoms with Crippen LogP contribution in [0.25, 0.3) is 0 Å². The van der Waals surface area contributed by atoms with Crippen molar-refractivity contribution in [1.29, 1.82) is 0 Å². The SMILES string of the molecule is CC1=NN(c2ccc(Oc3ccccc3)c(S(=O)(=O)O)c2)C(=O)[C@H]1N=Nc1ccc(O)cc1Cl. The van der Waals surface area contributed by atoms with Gasteiger partial charge in [-0.05, 0) is 49.4 Å². The van der Waals surface area contributed by atoms with E-state index in [0.29, 0.717) is 11.5 Å². The highest BCUT2D eigenvalue weighted by Gasteiger charge is 2.35. The molecule has 4 rings (SSSR count). The van der Waals surface area contributed by atoms with Crippen LogP contribution in [0.2, 0.25) is 5.02 Å². The molecule has 1 aliphatic rings. The Labute approximate surface area is 199 Å². The molecule has 0 fully saturated rings. The van der Waals surface area contributed by atoms with E-state index in [1.165, 1.54) is 30.3 Å². The van der Waals surface area contributed by atoms with Crippen LogP contribution in [0.15, 0.2) is 87.0 Å². The van der Waals surface area contributed by atoms with Crippen molar-refractivity contribution in [1.82, 2.24) is 0 Å². The second-order valence-electron chi connectivity index (χ2n) is 7.17. The number of carbonyl (C=O) groups is 1. The number of azo groups is 1. The van der Waals surface area contributed by atoms with Crippen LogP contribution in [0.4, 0.5) is 11.4 Å². The number of benzene rings is 3. The fraction of sp³-hybridized carbons (Fsp3) is 0.0909. The van der Waals surface area contributed by atoms with Gasteiger partial charge in [0.2, 0.25) is 0 Å². The first kappa shape index (κ1) is 23.4. The molecule has 0 saturated carbocycles. The highest BCUT2D eigenvalue weighted by molar-refractivity contribution is 7.86. The van der Waals surface area contributed by atoms with Crippen molar-refractivity contribution in [2.75, 3.05) is 5.01 Å².